The van der Waals surface area contributed by atoms with Gasteiger partial charge in [0.2, 0.25) is 17.5 Å². The average molecular weight is 355 g/mol. The number of benzene rings is 1. The van der Waals surface area contributed by atoms with Crippen LogP contribution >= 0.6 is 27.5 Å². The predicted molar refractivity (Wildman–Crippen MR) is 79.3 cm³/mol. The molecule has 0 spiro atoms. The lowest BCUT2D eigenvalue weighted by atomic mass is 10.1. The molecule has 2 aromatic rings. The molecule has 0 aliphatic rings. The molecule has 1 heterocycles. The van der Waals surface area contributed by atoms with Crippen molar-refractivity contribution in [3.8, 4) is 0 Å². The van der Waals surface area contributed by atoms with Crippen molar-refractivity contribution in [2.75, 3.05) is 10.6 Å². The third-order valence-corrected chi connectivity index (χ3v) is 3.13. The van der Waals surface area contributed by atoms with Crippen molar-refractivity contribution >= 4 is 44.9 Å². The Bertz CT molecular complexity index is 649. The molecular weight excluding hydrogens is 346 g/mol. The van der Waals surface area contributed by atoms with Crippen LogP contribution in [0.1, 0.15) is 16.2 Å². The van der Waals surface area contributed by atoms with E-state index in [2.05, 4.69) is 31.2 Å². The first-order chi connectivity index (χ1) is 9.61. The summed E-state index contributed by atoms with van der Waals surface area (Å²) in [5.41, 5.74) is 0.620. The molecule has 2 rings (SSSR count). The van der Waals surface area contributed by atoms with Gasteiger partial charge in [-0.15, -0.1) is 0 Å². The van der Waals surface area contributed by atoms with Crippen molar-refractivity contribution in [2.24, 2.45) is 0 Å². The van der Waals surface area contributed by atoms with E-state index in [1.807, 2.05) is 0 Å². The molecule has 0 atom stereocenters. The minimum atomic E-state index is -0.405. The summed E-state index contributed by atoms with van der Waals surface area (Å²) in [6.07, 6.45) is 2.95. The highest BCUT2D eigenvalue weighted by Gasteiger charge is 2.17. The lowest BCUT2D eigenvalue weighted by Crippen LogP contribution is -2.16. The number of carbonyl (C=O) groups excluding carboxylic acids is 2. The quantitative estimate of drug-likeness (QED) is 0.677. The maximum absolute atomic E-state index is 12.3. The number of nitrogens with one attached hydrogen (secondary N) is 1. The Morgan fingerprint density at radius 2 is 1.95 bits per heavy atom. The number of hydrogen-bond donors (Lipinski definition) is 1. The smallest absolute Gasteiger partial charge is 0.235 e. The second-order valence-corrected chi connectivity index (χ2v) is 4.77. The molecular formula is C13H9BrClN3O2. The van der Waals surface area contributed by atoms with Gasteiger partial charge in [-0.1, -0.05) is 27.5 Å². The number of ketones is 1. The number of amides is 1. The van der Waals surface area contributed by atoms with Gasteiger partial charge in [-0.05, 0) is 24.3 Å². The van der Waals surface area contributed by atoms with Gasteiger partial charge in [-0.25, -0.2) is 9.97 Å². The summed E-state index contributed by atoms with van der Waals surface area (Å²) < 4.78 is 0. The molecule has 0 saturated carbocycles. The van der Waals surface area contributed by atoms with E-state index in [-0.39, 0.29) is 22.6 Å². The number of hydrogen-bond acceptors (Lipinski definition) is 4. The summed E-state index contributed by atoms with van der Waals surface area (Å²) >= 11 is 8.95. The topological polar surface area (TPSA) is 72.0 Å². The van der Waals surface area contributed by atoms with Crippen LogP contribution < -0.4 is 5.32 Å². The first-order valence-corrected chi connectivity index (χ1v) is 7.09. The van der Waals surface area contributed by atoms with Crippen molar-refractivity contribution in [2.45, 2.75) is 0 Å². The fourth-order valence-electron chi connectivity index (χ4n) is 1.53. The molecule has 1 N–H and O–H groups in total. The second kappa shape index (κ2) is 6.58. The van der Waals surface area contributed by atoms with Crippen LogP contribution in [0.5, 0.6) is 0 Å². The van der Waals surface area contributed by atoms with Crippen molar-refractivity contribution in [3.63, 3.8) is 0 Å². The first-order valence-electron chi connectivity index (χ1n) is 5.59. The highest BCUT2D eigenvalue weighted by atomic mass is 79.9. The molecule has 0 aliphatic heterocycles. The van der Waals surface area contributed by atoms with Crippen molar-refractivity contribution in [1.29, 1.82) is 0 Å². The summed E-state index contributed by atoms with van der Waals surface area (Å²) in [4.78, 5) is 31.6. The summed E-state index contributed by atoms with van der Waals surface area (Å²) in [6.45, 7) is 0. The third-order valence-electron chi connectivity index (χ3n) is 2.39. The summed E-state index contributed by atoms with van der Waals surface area (Å²) in [5, 5.41) is 3.14. The number of alkyl halides is 1. The van der Waals surface area contributed by atoms with E-state index in [4.69, 9.17) is 11.6 Å². The largest absolute Gasteiger partial charge is 0.325 e. The van der Waals surface area contributed by atoms with Crippen LogP contribution in [-0.4, -0.2) is 27.0 Å². The van der Waals surface area contributed by atoms with Crippen LogP contribution in [0.4, 0.5) is 5.69 Å². The van der Waals surface area contributed by atoms with E-state index in [9.17, 15) is 9.59 Å². The molecule has 1 aromatic heterocycles. The lowest BCUT2D eigenvalue weighted by molar-refractivity contribution is -0.113. The van der Waals surface area contributed by atoms with Gasteiger partial charge in [-0.3, -0.25) is 9.59 Å². The molecule has 5 nitrogen and oxygen atoms in total. The lowest BCUT2D eigenvalue weighted by Gasteiger charge is -2.09. The number of anilines is 1. The van der Waals surface area contributed by atoms with E-state index in [1.165, 1.54) is 18.5 Å². The van der Waals surface area contributed by atoms with Crippen molar-refractivity contribution in [1.82, 2.24) is 9.97 Å². The monoisotopic (exact) mass is 353 g/mol. The Labute approximate surface area is 128 Å². The minimum Gasteiger partial charge on any atom is -0.325 e. The number of carbonyl (C=O) groups is 2. The molecule has 1 amide bonds. The maximum atomic E-state index is 12.3. The molecule has 1 aromatic carbocycles. The van der Waals surface area contributed by atoms with Gasteiger partial charge in [0.1, 0.15) is 0 Å². The van der Waals surface area contributed by atoms with Gasteiger partial charge in [0.15, 0.2) is 0 Å². The Balaban J connectivity index is 2.41. The van der Waals surface area contributed by atoms with Gasteiger partial charge in [0, 0.05) is 17.4 Å². The third kappa shape index (κ3) is 3.40. The zero-order valence-corrected chi connectivity index (χ0v) is 12.5. The summed E-state index contributed by atoms with van der Waals surface area (Å²) in [7, 11) is 0. The van der Waals surface area contributed by atoms with E-state index in [1.54, 1.807) is 18.2 Å². The van der Waals surface area contributed by atoms with Crippen LogP contribution in [-0.2, 0) is 4.79 Å². The highest BCUT2D eigenvalue weighted by Crippen LogP contribution is 2.22. The van der Waals surface area contributed by atoms with Crippen molar-refractivity contribution in [3.05, 3.63) is 53.1 Å². The van der Waals surface area contributed by atoms with E-state index in [0.717, 1.165) is 0 Å². The van der Waals surface area contributed by atoms with Gasteiger partial charge in [0.05, 0.1) is 16.6 Å². The minimum absolute atomic E-state index is 0.0455. The van der Waals surface area contributed by atoms with Gasteiger partial charge >= 0.3 is 0 Å². The first kappa shape index (κ1) is 14.6. The Hall–Kier alpha value is -1.79. The summed E-state index contributed by atoms with van der Waals surface area (Å²) in [5.74, 6) is -0.627. The molecule has 0 bridgehead atoms. The molecule has 0 aliphatic carbocycles. The van der Waals surface area contributed by atoms with Gasteiger partial charge < -0.3 is 5.32 Å². The van der Waals surface area contributed by atoms with E-state index >= 15 is 0 Å². The molecule has 0 fully saturated rings. The van der Waals surface area contributed by atoms with Gasteiger partial charge in [0.25, 0.3) is 0 Å². The zero-order valence-electron chi connectivity index (χ0n) is 10.1. The fraction of sp³-hybridized carbons (Fsp3) is 0.0769. The number of aromatic nitrogens is 2. The van der Waals surface area contributed by atoms with Crippen molar-refractivity contribution < 1.29 is 9.59 Å². The molecule has 102 valence electrons. The van der Waals surface area contributed by atoms with E-state index < -0.39 is 5.78 Å². The van der Waals surface area contributed by atoms with Gasteiger partial charge in [-0.2, -0.15) is 0 Å². The van der Waals surface area contributed by atoms with Crippen LogP contribution in [0, 0.1) is 0 Å². The number of rotatable bonds is 4. The molecule has 0 radical (unpaired) electrons. The fourth-order valence-corrected chi connectivity index (χ4v) is 1.85. The Morgan fingerprint density at radius 1 is 1.25 bits per heavy atom. The number of nitrogens with zero attached hydrogens (tertiary/aromatic N) is 2. The Morgan fingerprint density at radius 3 is 2.60 bits per heavy atom. The van der Waals surface area contributed by atoms with E-state index in [0.29, 0.717) is 10.7 Å². The standard InChI is InChI=1S/C13H9BrClN3O2/c14-7-11(19)18-10-3-2-8(15)6-9(10)12(20)13-16-4-1-5-17-13/h1-6H,7H2,(H,18,19). The molecule has 0 saturated heterocycles. The van der Waals surface area contributed by atoms with Crippen LogP contribution in [0.3, 0.4) is 0 Å². The predicted octanol–water partition coefficient (Wildman–Crippen LogP) is 2.69. The van der Waals surface area contributed by atoms with Crippen LogP contribution in [0.15, 0.2) is 36.7 Å². The Kier molecular flexibility index (Phi) is 4.81. The summed E-state index contributed by atoms with van der Waals surface area (Å²) in [6, 6.07) is 6.25. The molecule has 7 heteroatoms. The van der Waals surface area contributed by atoms with Crippen LogP contribution in [0.2, 0.25) is 5.02 Å². The average Bonchev–Trinajstić information content (AvgIpc) is 2.49. The zero-order chi connectivity index (χ0) is 14.5. The molecule has 20 heavy (non-hydrogen) atoms. The number of halogens is 2. The maximum Gasteiger partial charge on any atom is 0.235 e. The normalized spacial score (nSPS) is 10.1. The molecule has 0 unspecified atom stereocenters. The highest BCUT2D eigenvalue weighted by molar-refractivity contribution is 9.09. The second-order valence-electron chi connectivity index (χ2n) is 3.77. The SMILES string of the molecule is O=C(CBr)Nc1ccc(Cl)cc1C(=O)c1ncccn1. The van der Waals surface area contributed by atoms with Crippen LogP contribution in [0.25, 0.3) is 0 Å².